The number of hydrogen-bond acceptors (Lipinski definition) is 2. The topological polar surface area (TPSA) is 32.3 Å². The van der Waals surface area contributed by atoms with Gasteiger partial charge in [-0.15, -0.1) is 0 Å². The smallest absolute Gasteiger partial charge is 0.256 e. The first-order valence-electron chi connectivity index (χ1n) is 5.27. The fraction of sp³-hybridized carbons (Fsp3) is 0.333. The highest BCUT2D eigenvalue weighted by molar-refractivity contribution is 7.80. The molecule has 1 aliphatic rings. The second-order valence-electron chi connectivity index (χ2n) is 3.90. The summed E-state index contributed by atoms with van der Waals surface area (Å²) >= 11 is 5.13. The molecular weight excluding hydrogens is 220 g/mol. The number of nitrogens with one attached hydrogen (secondary N) is 1. The molecule has 3 nitrogen and oxygen atoms in total. The fourth-order valence-corrected chi connectivity index (χ4v) is 2.50. The molecule has 1 heterocycles. The van der Waals surface area contributed by atoms with Gasteiger partial charge in [-0.3, -0.25) is 4.79 Å². The Hall–Kier alpha value is -1.42. The van der Waals surface area contributed by atoms with E-state index in [0.29, 0.717) is 11.5 Å². The van der Waals surface area contributed by atoms with Crippen molar-refractivity contribution < 1.29 is 4.79 Å². The van der Waals surface area contributed by atoms with E-state index in [9.17, 15) is 4.79 Å². The van der Waals surface area contributed by atoms with Gasteiger partial charge in [0.05, 0.1) is 0 Å². The van der Waals surface area contributed by atoms with Gasteiger partial charge in [-0.2, -0.15) is 0 Å². The van der Waals surface area contributed by atoms with Gasteiger partial charge in [0.25, 0.3) is 5.91 Å². The number of thiocarbonyl (C=S) groups is 1. The Balaban J connectivity index is 2.56. The van der Waals surface area contributed by atoms with Crippen molar-refractivity contribution in [3.8, 4) is 0 Å². The van der Waals surface area contributed by atoms with Crippen molar-refractivity contribution >= 4 is 23.2 Å². The molecule has 1 fully saturated rings. The first kappa shape index (κ1) is 11.1. The molecule has 1 aromatic rings. The Morgan fingerprint density at radius 2 is 2.00 bits per heavy atom. The molecule has 0 aromatic heterocycles. The van der Waals surface area contributed by atoms with E-state index in [0.717, 1.165) is 5.56 Å². The van der Waals surface area contributed by atoms with Gasteiger partial charge in [0.1, 0.15) is 5.54 Å². The molecule has 0 bridgehead atoms. The van der Waals surface area contributed by atoms with Gasteiger partial charge in [0.2, 0.25) is 0 Å². The van der Waals surface area contributed by atoms with Crippen LogP contribution in [0.2, 0.25) is 0 Å². The van der Waals surface area contributed by atoms with Gasteiger partial charge in [0, 0.05) is 7.05 Å². The van der Waals surface area contributed by atoms with Crippen LogP contribution in [0.4, 0.5) is 0 Å². The van der Waals surface area contributed by atoms with Crippen LogP contribution in [-0.4, -0.2) is 23.0 Å². The number of rotatable bonds is 2. The molecule has 1 N–H and O–H groups in total. The maximum atomic E-state index is 12.1. The first-order valence-corrected chi connectivity index (χ1v) is 5.68. The summed E-state index contributed by atoms with van der Waals surface area (Å²) in [6.45, 7) is 2.00. The van der Waals surface area contributed by atoms with Crippen LogP contribution >= 0.6 is 12.2 Å². The Bertz CT molecular complexity index is 432. The molecule has 1 aromatic carbocycles. The van der Waals surface area contributed by atoms with Crippen LogP contribution in [0.25, 0.3) is 0 Å². The molecule has 1 amide bonds. The molecule has 1 aliphatic heterocycles. The number of likely N-dealkylation sites (N-methyl/N-ethyl adjacent to an activating group) is 1. The molecule has 1 unspecified atom stereocenters. The van der Waals surface area contributed by atoms with Crippen LogP contribution in [0.15, 0.2) is 30.3 Å². The summed E-state index contributed by atoms with van der Waals surface area (Å²) in [6.07, 6.45) is 0.694. The lowest BCUT2D eigenvalue weighted by Gasteiger charge is -2.33. The highest BCUT2D eigenvalue weighted by atomic mass is 32.1. The van der Waals surface area contributed by atoms with Crippen molar-refractivity contribution in [3.63, 3.8) is 0 Å². The summed E-state index contributed by atoms with van der Waals surface area (Å²) in [5, 5.41) is 3.22. The number of amides is 1. The lowest BCUT2D eigenvalue weighted by molar-refractivity contribution is -0.126. The summed E-state index contributed by atoms with van der Waals surface area (Å²) in [6, 6.07) is 9.75. The quantitative estimate of drug-likeness (QED) is 0.790. The van der Waals surface area contributed by atoms with Gasteiger partial charge in [-0.05, 0) is 24.2 Å². The van der Waals surface area contributed by atoms with Crippen LogP contribution in [0, 0.1) is 0 Å². The summed E-state index contributed by atoms with van der Waals surface area (Å²) in [4.78, 5) is 14.0. The van der Waals surface area contributed by atoms with Crippen molar-refractivity contribution in [1.29, 1.82) is 0 Å². The minimum atomic E-state index is -0.641. The maximum Gasteiger partial charge on any atom is 0.256 e. The van der Waals surface area contributed by atoms with Gasteiger partial charge in [-0.1, -0.05) is 37.3 Å². The van der Waals surface area contributed by atoms with Crippen LogP contribution in [-0.2, 0) is 10.3 Å². The fourth-order valence-electron chi connectivity index (χ4n) is 2.25. The van der Waals surface area contributed by atoms with Gasteiger partial charge < -0.3 is 10.2 Å². The van der Waals surface area contributed by atoms with Crippen molar-refractivity contribution in [3.05, 3.63) is 35.9 Å². The second-order valence-corrected chi connectivity index (χ2v) is 4.28. The van der Waals surface area contributed by atoms with Crippen molar-refractivity contribution in [1.82, 2.24) is 10.2 Å². The SMILES string of the molecule is CCC1(c2ccccc2)C(=O)NC(=S)N1C. The van der Waals surface area contributed by atoms with Crippen LogP contribution < -0.4 is 5.32 Å². The maximum absolute atomic E-state index is 12.1. The Morgan fingerprint density at radius 1 is 1.38 bits per heavy atom. The minimum absolute atomic E-state index is 0.0336. The summed E-state index contributed by atoms with van der Waals surface area (Å²) in [7, 11) is 1.86. The zero-order chi connectivity index (χ0) is 11.8. The molecule has 4 heteroatoms. The number of carbonyl (C=O) groups is 1. The Kier molecular flexibility index (Phi) is 2.68. The van der Waals surface area contributed by atoms with E-state index < -0.39 is 5.54 Å². The lowest BCUT2D eigenvalue weighted by atomic mass is 9.86. The molecule has 16 heavy (non-hydrogen) atoms. The highest BCUT2D eigenvalue weighted by Gasteiger charge is 2.49. The van der Waals surface area contributed by atoms with Gasteiger partial charge in [0.15, 0.2) is 5.11 Å². The molecular formula is C12H14N2OS. The minimum Gasteiger partial charge on any atom is -0.334 e. The molecule has 1 atom stereocenters. The first-order chi connectivity index (χ1) is 7.63. The van der Waals surface area contributed by atoms with E-state index in [1.165, 1.54) is 0 Å². The number of carbonyl (C=O) groups excluding carboxylic acids is 1. The summed E-state index contributed by atoms with van der Waals surface area (Å²) < 4.78 is 0. The third-order valence-corrected chi connectivity index (χ3v) is 3.61. The zero-order valence-electron chi connectivity index (χ0n) is 9.36. The van der Waals surface area contributed by atoms with Crippen molar-refractivity contribution in [2.45, 2.75) is 18.9 Å². The largest absolute Gasteiger partial charge is 0.334 e. The molecule has 2 rings (SSSR count). The average molecular weight is 234 g/mol. The molecule has 0 radical (unpaired) electrons. The number of nitrogens with zero attached hydrogens (tertiary/aromatic N) is 1. The third-order valence-electron chi connectivity index (χ3n) is 3.24. The monoisotopic (exact) mass is 234 g/mol. The van der Waals surface area contributed by atoms with Crippen molar-refractivity contribution in [2.24, 2.45) is 0 Å². The summed E-state index contributed by atoms with van der Waals surface area (Å²) in [5.74, 6) is -0.0336. The van der Waals surface area contributed by atoms with Crippen LogP contribution in [0.5, 0.6) is 0 Å². The molecule has 0 saturated carbocycles. The van der Waals surface area contributed by atoms with E-state index in [-0.39, 0.29) is 5.91 Å². The number of benzene rings is 1. The normalized spacial score (nSPS) is 24.8. The zero-order valence-corrected chi connectivity index (χ0v) is 10.2. The van der Waals surface area contributed by atoms with E-state index in [2.05, 4.69) is 5.32 Å². The van der Waals surface area contributed by atoms with Crippen LogP contribution in [0.1, 0.15) is 18.9 Å². The highest BCUT2D eigenvalue weighted by Crippen LogP contribution is 2.34. The van der Waals surface area contributed by atoms with E-state index in [4.69, 9.17) is 12.2 Å². The molecule has 1 saturated heterocycles. The van der Waals surface area contributed by atoms with Gasteiger partial charge in [-0.25, -0.2) is 0 Å². The Morgan fingerprint density at radius 3 is 2.44 bits per heavy atom. The Labute approximate surface area is 100 Å². The van der Waals surface area contributed by atoms with E-state index >= 15 is 0 Å². The predicted octanol–water partition coefficient (Wildman–Crippen LogP) is 1.64. The van der Waals surface area contributed by atoms with E-state index in [1.807, 2.05) is 49.2 Å². The second kappa shape index (κ2) is 3.87. The summed E-state index contributed by atoms with van der Waals surface area (Å²) in [5.41, 5.74) is 0.343. The number of hydrogen-bond donors (Lipinski definition) is 1. The standard InChI is InChI=1S/C12H14N2OS/c1-3-12(9-7-5-4-6-8-9)10(15)13-11(16)14(12)2/h4-8H,3H2,1-2H3,(H,13,15,16). The molecule has 0 aliphatic carbocycles. The predicted molar refractivity (Wildman–Crippen MR) is 66.9 cm³/mol. The van der Waals surface area contributed by atoms with Gasteiger partial charge >= 0.3 is 0 Å². The third kappa shape index (κ3) is 1.33. The average Bonchev–Trinajstić information content (AvgIpc) is 2.52. The van der Waals surface area contributed by atoms with E-state index in [1.54, 1.807) is 0 Å². The lowest BCUT2D eigenvalue weighted by Crippen LogP contribution is -2.44. The van der Waals surface area contributed by atoms with Crippen molar-refractivity contribution in [2.75, 3.05) is 7.05 Å². The molecule has 84 valence electrons. The van der Waals surface area contributed by atoms with Crippen LogP contribution in [0.3, 0.4) is 0 Å². The molecule has 0 spiro atoms.